The minimum Gasteiger partial charge on any atom is -0.508 e. The Hall–Kier alpha value is -1.57. The maximum atomic E-state index is 8.97. The summed E-state index contributed by atoms with van der Waals surface area (Å²) in [4.78, 5) is 4.07. The first kappa shape index (κ1) is 8.53. The predicted octanol–water partition coefficient (Wildman–Crippen LogP) is 2.00. The highest BCUT2D eigenvalue weighted by molar-refractivity contribution is 5.79. The zero-order valence-electron chi connectivity index (χ0n) is 6.77. The summed E-state index contributed by atoms with van der Waals surface area (Å²) >= 11 is 0. The lowest BCUT2D eigenvalue weighted by Gasteiger charge is -1.92. The van der Waals surface area contributed by atoms with Gasteiger partial charge in [-0.2, -0.15) is 0 Å². The number of hydrogen-bond donors (Lipinski definition) is 1. The molecule has 1 aromatic carbocycles. The van der Waals surface area contributed by atoms with Gasteiger partial charge < -0.3 is 5.11 Å². The molecule has 0 amide bonds. The van der Waals surface area contributed by atoms with E-state index >= 15 is 0 Å². The number of aliphatic imine (C=N–C) groups is 1. The minimum atomic E-state index is 0.274. The van der Waals surface area contributed by atoms with E-state index in [1.54, 1.807) is 24.4 Å². The third-order valence-corrected chi connectivity index (χ3v) is 1.37. The summed E-state index contributed by atoms with van der Waals surface area (Å²) in [6.45, 7) is 4.18. The van der Waals surface area contributed by atoms with Crippen molar-refractivity contribution in [1.82, 2.24) is 0 Å². The molecule has 62 valence electrons. The lowest BCUT2D eigenvalue weighted by atomic mass is 10.2. The Labute approximate surface area is 71.9 Å². The molecule has 2 heteroatoms. The Bertz CT molecular complexity index is 274. The molecule has 0 unspecified atom stereocenters. The van der Waals surface area contributed by atoms with Crippen molar-refractivity contribution in [3.05, 3.63) is 42.5 Å². The van der Waals surface area contributed by atoms with Crippen molar-refractivity contribution in [2.24, 2.45) is 4.99 Å². The molecule has 1 N–H and O–H groups in total. The topological polar surface area (TPSA) is 32.6 Å². The average molecular weight is 161 g/mol. The van der Waals surface area contributed by atoms with Crippen molar-refractivity contribution in [3.63, 3.8) is 0 Å². The van der Waals surface area contributed by atoms with Crippen LogP contribution in [0.25, 0.3) is 0 Å². The number of aromatic hydroxyl groups is 1. The van der Waals surface area contributed by atoms with Gasteiger partial charge in [0.1, 0.15) is 5.75 Å². The average Bonchev–Trinajstić information content (AvgIpc) is 2.09. The lowest BCUT2D eigenvalue weighted by molar-refractivity contribution is 0.475. The van der Waals surface area contributed by atoms with Crippen LogP contribution in [0.2, 0.25) is 0 Å². The van der Waals surface area contributed by atoms with E-state index in [4.69, 9.17) is 5.11 Å². The fourth-order valence-corrected chi connectivity index (χ4v) is 0.793. The molecule has 0 atom stereocenters. The van der Waals surface area contributed by atoms with Gasteiger partial charge in [-0.1, -0.05) is 6.08 Å². The fraction of sp³-hybridized carbons (Fsp3) is 0.100. The molecular weight excluding hydrogens is 150 g/mol. The molecule has 0 fully saturated rings. The van der Waals surface area contributed by atoms with E-state index in [1.165, 1.54) is 0 Å². The highest BCUT2D eigenvalue weighted by atomic mass is 16.3. The van der Waals surface area contributed by atoms with Crippen LogP contribution >= 0.6 is 0 Å². The first-order valence-corrected chi connectivity index (χ1v) is 3.72. The Balaban J connectivity index is 2.64. The standard InChI is InChI=1S/C10H11NO/c1-2-7-11-8-9-3-5-10(12)6-4-9/h2-6,8,12H,1,7H2. The smallest absolute Gasteiger partial charge is 0.115 e. The maximum Gasteiger partial charge on any atom is 0.115 e. The predicted molar refractivity (Wildman–Crippen MR) is 50.8 cm³/mol. The van der Waals surface area contributed by atoms with Gasteiger partial charge in [0, 0.05) is 6.21 Å². The van der Waals surface area contributed by atoms with Gasteiger partial charge >= 0.3 is 0 Å². The van der Waals surface area contributed by atoms with Gasteiger partial charge in [0.15, 0.2) is 0 Å². The van der Waals surface area contributed by atoms with Crippen molar-refractivity contribution >= 4 is 6.21 Å². The van der Waals surface area contributed by atoms with Crippen molar-refractivity contribution in [2.75, 3.05) is 6.54 Å². The summed E-state index contributed by atoms with van der Waals surface area (Å²) in [5.41, 5.74) is 0.981. The van der Waals surface area contributed by atoms with E-state index in [1.807, 2.05) is 12.1 Å². The molecule has 0 aliphatic rings. The first-order chi connectivity index (χ1) is 5.83. The second-order valence-electron chi connectivity index (χ2n) is 2.37. The van der Waals surface area contributed by atoms with Crippen molar-refractivity contribution in [3.8, 4) is 5.75 Å². The Morgan fingerprint density at radius 1 is 1.33 bits per heavy atom. The second kappa shape index (κ2) is 4.34. The van der Waals surface area contributed by atoms with E-state index in [0.717, 1.165) is 5.56 Å². The van der Waals surface area contributed by atoms with Crippen LogP contribution in [0.1, 0.15) is 5.56 Å². The first-order valence-electron chi connectivity index (χ1n) is 3.72. The highest BCUT2D eigenvalue weighted by Gasteiger charge is 1.86. The molecule has 0 spiro atoms. The van der Waals surface area contributed by atoms with Gasteiger partial charge in [-0.25, -0.2) is 0 Å². The summed E-state index contributed by atoms with van der Waals surface area (Å²) in [7, 11) is 0. The minimum absolute atomic E-state index is 0.274. The molecule has 0 aliphatic carbocycles. The zero-order valence-corrected chi connectivity index (χ0v) is 6.77. The number of phenolic OH excluding ortho intramolecular Hbond substituents is 1. The molecular formula is C10H11NO. The van der Waals surface area contributed by atoms with E-state index < -0.39 is 0 Å². The molecule has 1 aromatic rings. The molecule has 0 bridgehead atoms. The van der Waals surface area contributed by atoms with Crippen LogP contribution in [0, 0.1) is 0 Å². The molecule has 0 heterocycles. The maximum absolute atomic E-state index is 8.97. The summed E-state index contributed by atoms with van der Waals surface area (Å²) in [5, 5.41) is 8.97. The van der Waals surface area contributed by atoms with Crippen molar-refractivity contribution in [2.45, 2.75) is 0 Å². The van der Waals surface area contributed by atoms with Crippen LogP contribution in [-0.4, -0.2) is 17.9 Å². The van der Waals surface area contributed by atoms with E-state index in [9.17, 15) is 0 Å². The van der Waals surface area contributed by atoms with Gasteiger partial charge in [0.2, 0.25) is 0 Å². The van der Waals surface area contributed by atoms with Crippen molar-refractivity contribution in [1.29, 1.82) is 0 Å². The summed E-state index contributed by atoms with van der Waals surface area (Å²) in [6, 6.07) is 6.88. The summed E-state index contributed by atoms with van der Waals surface area (Å²) in [5.74, 6) is 0.274. The number of rotatable bonds is 3. The SMILES string of the molecule is C=CCN=Cc1ccc(O)cc1. The fourth-order valence-electron chi connectivity index (χ4n) is 0.793. The molecule has 0 radical (unpaired) electrons. The van der Waals surface area contributed by atoms with Crippen LogP contribution in [0.15, 0.2) is 41.9 Å². The normalized spacial score (nSPS) is 10.3. The Kier molecular flexibility index (Phi) is 3.08. The highest BCUT2D eigenvalue weighted by Crippen LogP contribution is 2.07. The van der Waals surface area contributed by atoms with E-state index in [0.29, 0.717) is 6.54 Å². The van der Waals surface area contributed by atoms with Gasteiger partial charge in [0.05, 0.1) is 6.54 Å². The van der Waals surface area contributed by atoms with Crippen LogP contribution in [0.4, 0.5) is 0 Å². The molecule has 0 saturated heterocycles. The summed E-state index contributed by atoms with van der Waals surface area (Å²) < 4.78 is 0. The van der Waals surface area contributed by atoms with Crippen LogP contribution in [0.3, 0.4) is 0 Å². The van der Waals surface area contributed by atoms with Gasteiger partial charge in [-0.3, -0.25) is 4.99 Å². The van der Waals surface area contributed by atoms with Crippen LogP contribution < -0.4 is 0 Å². The number of benzene rings is 1. The van der Waals surface area contributed by atoms with E-state index in [2.05, 4.69) is 11.6 Å². The quantitative estimate of drug-likeness (QED) is 0.533. The van der Waals surface area contributed by atoms with Gasteiger partial charge in [-0.05, 0) is 29.8 Å². The number of hydrogen-bond acceptors (Lipinski definition) is 2. The largest absolute Gasteiger partial charge is 0.508 e. The summed E-state index contributed by atoms with van der Waals surface area (Å²) in [6.07, 6.45) is 3.48. The Morgan fingerprint density at radius 3 is 2.58 bits per heavy atom. The monoisotopic (exact) mass is 161 g/mol. The Morgan fingerprint density at radius 2 is 2.00 bits per heavy atom. The molecule has 0 aliphatic heterocycles. The van der Waals surface area contributed by atoms with Crippen LogP contribution in [0.5, 0.6) is 5.75 Å². The van der Waals surface area contributed by atoms with Crippen LogP contribution in [-0.2, 0) is 0 Å². The van der Waals surface area contributed by atoms with Gasteiger partial charge in [0.25, 0.3) is 0 Å². The molecule has 2 nitrogen and oxygen atoms in total. The molecule has 0 saturated carbocycles. The number of phenols is 1. The molecule has 1 rings (SSSR count). The third-order valence-electron chi connectivity index (χ3n) is 1.37. The zero-order chi connectivity index (χ0) is 8.81. The number of nitrogens with zero attached hydrogens (tertiary/aromatic N) is 1. The van der Waals surface area contributed by atoms with Gasteiger partial charge in [-0.15, -0.1) is 6.58 Å². The molecule has 12 heavy (non-hydrogen) atoms. The molecule has 0 aromatic heterocycles. The third kappa shape index (κ3) is 2.58. The second-order valence-corrected chi connectivity index (χ2v) is 2.37. The van der Waals surface area contributed by atoms with E-state index in [-0.39, 0.29) is 5.75 Å². The lowest BCUT2D eigenvalue weighted by Crippen LogP contribution is -1.80. The van der Waals surface area contributed by atoms with Crippen molar-refractivity contribution < 1.29 is 5.11 Å².